The SMILES string of the molecule is COc1cc(/C=C2/C(=O)NN(c3ccccc3)C2=O)c(Br)cc1OCC(=O)Nc1cccc(F)c1. The van der Waals surface area contributed by atoms with E-state index < -0.39 is 23.5 Å². The van der Waals surface area contributed by atoms with E-state index in [2.05, 4.69) is 26.7 Å². The van der Waals surface area contributed by atoms with Crippen LogP contribution in [0.15, 0.2) is 76.8 Å². The number of benzene rings is 3. The van der Waals surface area contributed by atoms with E-state index in [9.17, 15) is 18.8 Å². The Hall–Kier alpha value is -4.18. The fourth-order valence-electron chi connectivity index (χ4n) is 3.31. The molecule has 1 aliphatic heterocycles. The van der Waals surface area contributed by atoms with Crippen molar-refractivity contribution in [2.45, 2.75) is 0 Å². The number of carbonyl (C=O) groups excluding carboxylic acids is 3. The number of amides is 3. The molecule has 3 aromatic rings. The summed E-state index contributed by atoms with van der Waals surface area (Å²) in [6.45, 7) is -0.354. The van der Waals surface area contributed by atoms with Crippen LogP contribution in [0.3, 0.4) is 0 Å². The highest BCUT2D eigenvalue weighted by Gasteiger charge is 2.34. The van der Waals surface area contributed by atoms with Crippen LogP contribution in [0.2, 0.25) is 0 Å². The first-order valence-corrected chi connectivity index (χ1v) is 11.1. The number of nitrogens with zero attached hydrogens (tertiary/aromatic N) is 1. The van der Waals surface area contributed by atoms with Crippen LogP contribution in [0.5, 0.6) is 11.5 Å². The van der Waals surface area contributed by atoms with Gasteiger partial charge < -0.3 is 14.8 Å². The van der Waals surface area contributed by atoms with Crippen molar-refractivity contribution in [3.05, 3.63) is 88.2 Å². The molecule has 0 radical (unpaired) electrons. The highest BCUT2D eigenvalue weighted by atomic mass is 79.9. The Labute approximate surface area is 208 Å². The molecule has 1 heterocycles. The number of hydrazine groups is 1. The van der Waals surface area contributed by atoms with Crippen molar-refractivity contribution in [1.82, 2.24) is 5.43 Å². The number of hydrogen-bond donors (Lipinski definition) is 2. The smallest absolute Gasteiger partial charge is 0.282 e. The van der Waals surface area contributed by atoms with E-state index in [1.54, 1.807) is 48.5 Å². The maximum absolute atomic E-state index is 13.3. The quantitative estimate of drug-likeness (QED) is 0.348. The van der Waals surface area contributed by atoms with E-state index in [1.807, 2.05) is 0 Å². The maximum atomic E-state index is 13.3. The molecule has 4 rings (SSSR count). The topological polar surface area (TPSA) is 97.0 Å². The number of anilines is 2. The van der Waals surface area contributed by atoms with Gasteiger partial charge in [0.05, 0.1) is 12.8 Å². The maximum Gasteiger partial charge on any atom is 0.282 e. The Bertz CT molecular complexity index is 1330. The predicted octanol–water partition coefficient (Wildman–Crippen LogP) is 4.08. The Kier molecular flexibility index (Phi) is 7.11. The Balaban J connectivity index is 1.50. The lowest BCUT2D eigenvalue weighted by molar-refractivity contribution is -0.118. The number of hydrogen-bond acceptors (Lipinski definition) is 5. The summed E-state index contributed by atoms with van der Waals surface area (Å²) in [7, 11) is 1.42. The predicted molar refractivity (Wildman–Crippen MR) is 131 cm³/mol. The minimum absolute atomic E-state index is 0.0558. The molecule has 3 amide bonds. The molecule has 0 saturated carbocycles. The fraction of sp³-hybridized carbons (Fsp3) is 0.0800. The second-order valence-electron chi connectivity index (χ2n) is 7.35. The molecule has 0 spiro atoms. The second kappa shape index (κ2) is 10.4. The summed E-state index contributed by atoms with van der Waals surface area (Å²) in [6, 6.07) is 17.4. The molecule has 0 atom stereocenters. The van der Waals surface area contributed by atoms with Gasteiger partial charge in [-0.05, 0) is 54.1 Å². The number of nitrogens with one attached hydrogen (secondary N) is 2. The molecule has 10 heteroatoms. The number of rotatable bonds is 7. The zero-order chi connectivity index (χ0) is 24.9. The molecular formula is C25H19BrFN3O5. The van der Waals surface area contributed by atoms with E-state index in [4.69, 9.17) is 9.47 Å². The molecule has 0 unspecified atom stereocenters. The number of para-hydroxylation sites is 1. The molecule has 0 bridgehead atoms. The van der Waals surface area contributed by atoms with Crippen LogP contribution < -0.4 is 25.2 Å². The third-order valence-electron chi connectivity index (χ3n) is 4.96. The third kappa shape index (κ3) is 5.49. The largest absolute Gasteiger partial charge is 0.493 e. The first kappa shape index (κ1) is 24.0. The lowest BCUT2D eigenvalue weighted by atomic mass is 10.1. The summed E-state index contributed by atoms with van der Waals surface area (Å²) in [5.41, 5.74) is 3.82. The Morgan fingerprint density at radius 2 is 1.86 bits per heavy atom. The molecular weight excluding hydrogens is 521 g/mol. The number of carbonyl (C=O) groups is 3. The molecule has 1 aliphatic rings. The molecule has 178 valence electrons. The van der Waals surface area contributed by atoms with Crippen LogP contribution in [-0.2, 0) is 14.4 Å². The van der Waals surface area contributed by atoms with Crippen molar-refractivity contribution < 1.29 is 28.2 Å². The van der Waals surface area contributed by atoms with E-state index in [0.29, 0.717) is 21.4 Å². The summed E-state index contributed by atoms with van der Waals surface area (Å²) in [4.78, 5) is 37.5. The lowest BCUT2D eigenvalue weighted by Crippen LogP contribution is -2.35. The third-order valence-corrected chi connectivity index (χ3v) is 5.64. The molecule has 3 aromatic carbocycles. The van der Waals surface area contributed by atoms with Crippen molar-refractivity contribution in [2.75, 3.05) is 24.0 Å². The van der Waals surface area contributed by atoms with E-state index >= 15 is 0 Å². The van der Waals surface area contributed by atoms with Gasteiger partial charge >= 0.3 is 0 Å². The summed E-state index contributed by atoms with van der Waals surface area (Å²) in [5.74, 6) is -1.47. The average Bonchev–Trinajstić information content (AvgIpc) is 3.13. The van der Waals surface area contributed by atoms with Gasteiger partial charge in [0.15, 0.2) is 18.1 Å². The van der Waals surface area contributed by atoms with Gasteiger partial charge in [-0.1, -0.05) is 40.2 Å². The van der Waals surface area contributed by atoms with Gasteiger partial charge in [-0.25, -0.2) is 9.40 Å². The van der Waals surface area contributed by atoms with Crippen molar-refractivity contribution in [1.29, 1.82) is 0 Å². The Morgan fingerprint density at radius 3 is 2.57 bits per heavy atom. The van der Waals surface area contributed by atoms with Gasteiger partial charge in [0.1, 0.15) is 11.4 Å². The van der Waals surface area contributed by atoms with Gasteiger partial charge in [0, 0.05) is 10.2 Å². The van der Waals surface area contributed by atoms with Gasteiger partial charge in [-0.15, -0.1) is 0 Å². The summed E-state index contributed by atoms with van der Waals surface area (Å²) in [6.07, 6.45) is 1.44. The van der Waals surface area contributed by atoms with E-state index in [0.717, 1.165) is 0 Å². The number of halogens is 2. The Morgan fingerprint density at radius 1 is 1.09 bits per heavy atom. The van der Waals surface area contributed by atoms with Crippen molar-refractivity contribution >= 4 is 51.1 Å². The lowest BCUT2D eigenvalue weighted by Gasteiger charge is -2.14. The summed E-state index contributed by atoms with van der Waals surface area (Å²) < 4.78 is 24.7. The van der Waals surface area contributed by atoms with Crippen molar-refractivity contribution in [3.8, 4) is 11.5 Å². The van der Waals surface area contributed by atoms with Gasteiger partial charge in [-0.2, -0.15) is 0 Å². The second-order valence-corrected chi connectivity index (χ2v) is 8.20. The highest BCUT2D eigenvalue weighted by molar-refractivity contribution is 9.10. The molecule has 0 aromatic heterocycles. The minimum atomic E-state index is -0.543. The molecule has 1 saturated heterocycles. The van der Waals surface area contributed by atoms with Crippen LogP contribution in [0.25, 0.3) is 6.08 Å². The van der Waals surface area contributed by atoms with Crippen LogP contribution in [-0.4, -0.2) is 31.4 Å². The van der Waals surface area contributed by atoms with Gasteiger partial charge in [0.25, 0.3) is 17.7 Å². The van der Waals surface area contributed by atoms with Crippen LogP contribution in [0, 0.1) is 5.82 Å². The number of methoxy groups -OCH3 is 1. The van der Waals surface area contributed by atoms with E-state index in [1.165, 1.54) is 36.4 Å². The van der Waals surface area contributed by atoms with Crippen LogP contribution in [0.1, 0.15) is 5.56 Å². The fourth-order valence-corrected chi connectivity index (χ4v) is 3.75. The standard InChI is InChI=1S/C25H19BrFN3O5/c1-34-21-11-15(10-19-24(32)29-30(25(19)33)18-8-3-2-4-9-18)20(26)13-22(21)35-14-23(31)28-17-7-5-6-16(27)12-17/h2-13H,14H2,1H3,(H,28,31)(H,29,32)/b19-10-. The zero-order valence-electron chi connectivity index (χ0n) is 18.4. The first-order valence-electron chi connectivity index (χ1n) is 10.3. The molecule has 8 nitrogen and oxygen atoms in total. The van der Waals surface area contributed by atoms with Crippen LogP contribution in [0.4, 0.5) is 15.8 Å². The van der Waals surface area contributed by atoms with Crippen molar-refractivity contribution in [3.63, 3.8) is 0 Å². The van der Waals surface area contributed by atoms with E-state index in [-0.39, 0.29) is 23.7 Å². The summed E-state index contributed by atoms with van der Waals surface area (Å²) in [5, 5.41) is 3.71. The molecule has 2 N–H and O–H groups in total. The molecule has 0 aliphatic carbocycles. The molecule has 35 heavy (non-hydrogen) atoms. The number of ether oxygens (including phenoxy) is 2. The minimum Gasteiger partial charge on any atom is -0.493 e. The van der Waals surface area contributed by atoms with Crippen molar-refractivity contribution in [2.24, 2.45) is 0 Å². The summed E-state index contributed by atoms with van der Waals surface area (Å²) >= 11 is 3.41. The zero-order valence-corrected chi connectivity index (χ0v) is 20.0. The average molecular weight is 540 g/mol. The monoisotopic (exact) mass is 539 g/mol. The highest BCUT2D eigenvalue weighted by Crippen LogP contribution is 2.35. The molecule has 1 fully saturated rings. The van der Waals surface area contributed by atoms with Gasteiger partial charge in [0.2, 0.25) is 0 Å². The normalized spacial score (nSPS) is 14.1. The van der Waals surface area contributed by atoms with Gasteiger partial charge in [-0.3, -0.25) is 19.8 Å². The first-order chi connectivity index (χ1) is 16.9. The van der Waals surface area contributed by atoms with Crippen LogP contribution >= 0.6 is 15.9 Å².